The van der Waals surface area contributed by atoms with Crippen LogP contribution in [0.5, 0.6) is 0 Å². The first-order chi connectivity index (χ1) is 19.8. The Labute approximate surface area is 235 Å². The molecule has 0 spiro atoms. The quantitative estimate of drug-likeness (QED) is 0.271. The maximum atomic E-state index is 14.0. The topological polar surface area (TPSA) is 83.4 Å². The summed E-state index contributed by atoms with van der Waals surface area (Å²) in [7, 11) is 3.82. The molecule has 0 aliphatic rings. The lowest BCUT2D eigenvalue weighted by molar-refractivity contribution is -0.140. The van der Waals surface area contributed by atoms with E-state index in [0.717, 1.165) is 5.69 Å². The normalized spacial score (nSPS) is 11.7. The number of rotatable bonds is 9. The number of hydrogen-bond donors (Lipinski definition) is 1. The Morgan fingerprint density at radius 2 is 1.49 bits per heavy atom. The van der Waals surface area contributed by atoms with Gasteiger partial charge in [0.15, 0.2) is 0 Å². The Morgan fingerprint density at radius 3 is 2.15 bits per heavy atom. The van der Waals surface area contributed by atoms with Gasteiger partial charge in [0.2, 0.25) is 5.91 Å². The SMILES string of the molecule is CN(C)c1ccc(NC(=O)[C@H](c2ccc(F)cc2)N(Cc2ccc(F)cc2)C(=O)Cn2nnc3ccccc32)cc1. The van der Waals surface area contributed by atoms with Gasteiger partial charge in [-0.1, -0.05) is 41.6 Å². The molecule has 0 saturated heterocycles. The van der Waals surface area contributed by atoms with E-state index in [1.807, 2.05) is 43.3 Å². The summed E-state index contributed by atoms with van der Waals surface area (Å²) in [6.45, 7) is -0.217. The highest BCUT2D eigenvalue weighted by Crippen LogP contribution is 2.27. The molecule has 5 rings (SSSR count). The second-order valence-electron chi connectivity index (χ2n) is 9.77. The summed E-state index contributed by atoms with van der Waals surface area (Å²) in [4.78, 5) is 31.2. The van der Waals surface area contributed by atoms with Gasteiger partial charge >= 0.3 is 0 Å². The number of hydrogen-bond acceptors (Lipinski definition) is 5. The van der Waals surface area contributed by atoms with E-state index in [1.54, 1.807) is 36.4 Å². The number of fused-ring (bicyclic) bond motifs is 1. The first-order valence-electron chi connectivity index (χ1n) is 12.9. The van der Waals surface area contributed by atoms with E-state index in [9.17, 15) is 18.4 Å². The molecule has 2 amide bonds. The molecule has 5 aromatic rings. The number of halogens is 2. The Kier molecular flexibility index (Phi) is 8.00. The summed E-state index contributed by atoms with van der Waals surface area (Å²) >= 11 is 0. The van der Waals surface area contributed by atoms with Gasteiger partial charge < -0.3 is 15.1 Å². The standard InChI is InChI=1S/C31H28F2N6O2/c1-37(2)26-17-15-25(16-18-26)34-31(41)30(22-9-13-24(33)14-10-22)38(19-21-7-11-23(32)12-8-21)29(40)20-39-28-6-4-3-5-27(28)35-36-39/h3-18,30H,19-20H2,1-2H3,(H,34,41)/t30-/m0/s1. The van der Waals surface area contributed by atoms with Crippen molar-refractivity contribution in [2.24, 2.45) is 0 Å². The zero-order chi connectivity index (χ0) is 28.9. The lowest BCUT2D eigenvalue weighted by Gasteiger charge is -2.31. The molecule has 10 heteroatoms. The average molecular weight is 555 g/mol. The molecule has 8 nitrogen and oxygen atoms in total. The van der Waals surface area contributed by atoms with E-state index >= 15 is 0 Å². The summed E-state index contributed by atoms with van der Waals surface area (Å²) < 4.78 is 29.1. The van der Waals surface area contributed by atoms with Gasteiger partial charge in [0.1, 0.15) is 29.7 Å². The zero-order valence-electron chi connectivity index (χ0n) is 22.5. The molecular weight excluding hydrogens is 526 g/mol. The first kappa shape index (κ1) is 27.4. The maximum Gasteiger partial charge on any atom is 0.251 e. The number of benzene rings is 4. The van der Waals surface area contributed by atoms with Gasteiger partial charge in [-0.25, -0.2) is 13.5 Å². The summed E-state index contributed by atoms with van der Waals surface area (Å²) in [6, 6.07) is 24.5. The van der Waals surface area contributed by atoms with Gasteiger partial charge in [-0.3, -0.25) is 9.59 Å². The highest BCUT2D eigenvalue weighted by molar-refractivity contribution is 5.98. The maximum absolute atomic E-state index is 14.0. The van der Waals surface area contributed by atoms with Crippen LogP contribution in [0, 0.1) is 11.6 Å². The van der Waals surface area contributed by atoms with Crippen molar-refractivity contribution in [3.8, 4) is 0 Å². The van der Waals surface area contributed by atoms with Gasteiger partial charge in [0.25, 0.3) is 5.91 Å². The van der Waals surface area contributed by atoms with E-state index in [0.29, 0.717) is 27.8 Å². The average Bonchev–Trinajstić information content (AvgIpc) is 3.37. The molecule has 4 aromatic carbocycles. The number of nitrogens with one attached hydrogen (secondary N) is 1. The van der Waals surface area contributed by atoms with E-state index in [2.05, 4.69) is 15.6 Å². The first-order valence-corrected chi connectivity index (χ1v) is 12.9. The van der Waals surface area contributed by atoms with Crippen molar-refractivity contribution in [1.82, 2.24) is 19.9 Å². The Hall–Kier alpha value is -5.12. The van der Waals surface area contributed by atoms with Crippen molar-refractivity contribution in [3.63, 3.8) is 0 Å². The van der Waals surface area contributed by atoms with Crippen LogP contribution in [0.15, 0.2) is 97.1 Å². The molecule has 0 bridgehead atoms. The molecule has 1 heterocycles. The predicted octanol–water partition coefficient (Wildman–Crippen LogP) is 5.18. The van der Waals surface area contributed by atoms with Crippen molar-refractivity contribution in [2.75, 3.05) is 24.3 Å². The number of carbonyl (C=O) groups excluding carboxylic acids is 2. The van der Waals surface area contributed by atoms with Gasteiger partial charge in [-0.15, -0.1) is 5.10 Å². The number of amides is 2. The molecule has 41 heavy (non-hydrogen) atoms. The lowest BCUT2D eigenvalue weighted by Crippen LogP contribution is -2.42. The second-order valence-corrected chi connectivity index (χ2v) is 9.77. The summed E-state index contributed by atoms with van der Waals surface area (Å²) in [5.74, 6) is -1.82. The highest BCUT2D eigenvalue weighted by atomic mass is 19.1. The molecule has 0 saturated carbocycles. The van der Waals surface area contributed by atoms with Crippen LogP contribution in [0.1, 0.15) is 17.2 Å². The van der Waals surface area contributed by atoms with Crippen LogP contribution in [-0.4, -0.2) is 45.8 Å². The smallest absolute Gasteiger partial charge is 0.251 e. The molecule has 1 N–H and O–H groups in total. The van der Waals surface area contributed by atoms with Crippen molar-refractivity contribution in [3.05, 3.63) is 120 Å². The van der Waals surface area contributed by atoms with E-state index in [4.69, 9.17) is 0 Å². The zero-order valence-corrected chi connectivity index (χ0v) is 22.5. The molecule has 0 fully saturated rings. The fourth-order valence-corrected chi connectivity index (χ4v) is 4.53. The molecule has 208 valence electrons. The van der Waals surface area contributed by atoms with Gasteiger partial charge in [-0.2, -0.15) is 0 Å². The van der Waals surface area contributed by atoms with Crippen molar-refractivity contribution < 1.29 is 18.4 Å². The Morgan fingerprint density at radius 1 is 0.854 bits per heavy atom. The van der Waals surface area contributed by atoms with Crippen LogP contribution in [0.2, 0.25) is 0 Å². The number of anilines is 2. The minimum absolute atomic E-state index is 0.0131. The Bertz CT molecular complexity index is 1650. The van der Waals surface area contributed by atoms with Crippen LogP contribution >= 0.6 is 0 Å². The highest BCUT2D eigenvalue weighted by Gasteiger charge is 2.32. The lowest BCUT2D eigenvalue weighted by atomic mass is 10.0. The van der Waals surface area contributed by atoms with Crippen LogP contribution in [0.25, 0.3) is 11.0 Å². The number of para-hydroxylation sites is 1. The predicted molar refractivity (Wildman–Crippen MR) is 153 cm³/mol. The number of nitrogens with zero attached hydrogens (tertiary/aromatic N) is 5. The monoisotopic (exact) mass is 554 g/mol. The molecular formula is C31H28F2N6O2. The van der Waals surface area contributed by atoms with Crippen LogP contribution in [-0.2, 0) is 22.7 Å². The second kappa shape index (κ2) is 12.0. The third-order valence-electron chi connectivity index (χ3n) is 6.69. The molecule has 0 aliphatic heterocycles. The van der Waals surface area contributed by atoms with Crippen molar-refractivity contribution >= 4 is 34.2 Å². The van der Waals surface area contributed by atoms with Gasteiger partial charge in [0.05, 0.1) is 5.52 Å². The van der Waals surface area contributed by atoms with E-state index < -0.39 is 29.5 Å². The minimum atomic E-state index is -1.14. The molecule has 1 aromatic heterocycles. The van der Waals surface area contributed by atoms with Gasteiger partial charge in [0, 0.05) is 32.0 Å². The minimum Gasteiger partial charge on any atom is -0.378 e. The molecule has 0 unspecified atom stereocenters. The van der Waals surface area contributed by atoms with Crippen LogP contribution in [0.4, 0.5) is 20.2 Å². The third kappa shape index (κ3) is 6.38. The molecule has 0 radical (unpaired) electrons. The summed E-state index contributed by atoms with van der Waals surface area (Å²) in [5.41, 5.74) is 3.78. The molecule has 0 aliphatic carbocycles. The fourth-order valence-electron chi connectivity index (χ4n) is 4.53. The van der Waals surface area contributed by atoms with Crippen LogP contribution < -0.4 is 10.2 Å². The number of carbonyl (C=O) groups is 2. The third-order valence-corrected chi connectivity index (χ3v) is 6.69. The van der Waals surface area contributed by atoms with Crippen LogP contribution in [0.3, 0.4) is 0 Å². The largest absolute Gasteiger partial charge is 0.378 e. The number of aromatic nitrogens is 3. The Balaban J connectivity index is 1.53. The van der Waals surface area contributed by atoms with E-state index in [1.165, 1.54) is 46.0 Å². The van der Waals surface area contributed by atoms with E-state index in [-0.39, 0.29) is 13.1 Å². The van der Waals surface area contributed by atoms with Crippen molar-refractivity contribution in [1.29, 1.82) is 0 Å². The molecule has 1 atom stereocenters. The summed E-state index contributed by atoms with van der Waals surface area (Å²) in [5, 5.41) is 11.2. The fraction of sp³-hybridized carbons (Fsp3) is 0.161. The van der Waals surface area contributed by atoms with Crippen molar-refractivity contribution in [2.45, 2.75) is 19.1 Å². The summed E-state index contributed by atoms with van der Waals surface area (Å²) in [6.07, 6.45) is 0. The van der Waals surface area contributed by atoms with Gasteiger partial charge in [-0.05, 0) is 71.8 Å².